The minimum absolute atomic E-state index is 0.188. The average molecular weight is 371 g/mol. The third kappa shape index (κ3) is 2.85. The second-order valence-electron chi connectivity index (χ2n) is 4.99. The summed E-state index contributed by atoms with van der Waals surface area (Å²) in [6.07, 6.45) is 2.87. The number of anilines is 2. The minimum Gasteiger partial charge on any atom is -0.609 e. The second kappa shape index (κ2) is 6.16. The molecule has 0 fully saturated rings. The van der Waals surface area contributed by atoms with Crippen LogP contribution in [0.1, 0.15) is 10.4 Å². The lowest BCUT2D eigenvalue weighted by atomic mass is 10.2. The number of hydrogen-bond acceptors (Lipinski definition) is 5. The van der Waals surface area contributed by atoms with Crippen molar-refractivity contribution in [2.24, 2.45) is 0 Å². The number of benzene rings is 1. The van der Waals surface area contributed by atoms with Crippen LogP contribution in [0.3, 0.4) is 0 Å². The molecule has 0 radical (unpaired) electrons. The first-order valence-corrected chi connectivity index (χ1v) is 8.89. The fourth-order valence-electron chi connectivity index (χ4n) is 2.35. The standard InChI is InChI=1S/C14H12Cl2N4O2S/c1-19-7-20(11-9(15)4-3-5-10(11)16)13(21)8-6-17-14(23(2)22)18-12(8)19/h3-6H,7H2,1-2H3. The molecule has 2 aromatic rings. The van der Waals surface area contributed by atoms with E-state index in [1.54, 1.807) is 30.1 Å². The van der Waals surface area contributed by atoms with Gasteiger partial charge in [0.05, 0.1) is 28.6 Å². The molecule has 0 N–H and O–H groups in total. The molecule has 3 rings (SSSR count). The fraction of sp³-hybridized carbons (Fsp3) is 0.214. The summed E-state index contributed by atoms with van der Waals surface area (Å²) in [7, 11) is 1.78. The molecular weight excluding hydrogens is 359 g/mol. The van der Waals surface area contributed by atoms with Crippen LogP contribution in [0.2, 0.25) is 10.0 Å². The van der Waals surface area contributed by atoms with Gasteiger partial charge in [-0.15, -0.1) is 0 Å². The number of fused-ring (bicyclic) bond motifs is 1. The van der Waals surface area contributed by atoms with Crippen molar-refractivity contribution in [1.82, 2.24) is 9.97 Å². The molecular formula is C14H12Cl2N4O2S. The Bertz CT molecular complexity index is 767. The molecule has 1 aliphatic heterocycles. The number of aromatic nitrogens is 2. The van der Waals surface area contributed by atoms with Crippen LogP contribution in [0.25, 0.3) is 0 Å². The Morgan fingerprint density at radius 1 is 1.30 bits per heavy atom. The summed E-state index contributed by atoms with van der Waals surface area (Å²) in [6, 6.07) is 5.06. The lowest BCUT2D eigenvalue weighted by molar-refractivity contribution is 0.0981. The highest BCUT2D eigenvalue weighted by Crippen LogP contribution is 2.37. The van der Waals surface area contributed by atoms with Gasteiger partial charge in [0.1, 0.15) is 11.8 Å². The van der Waals surface area contributed by atoms with Crippen molar-refractivity contribution in [2.75, 3.05) is 29.8 Å². The Balaban J connectivity index is 2.08. The third-order valence-electron chi connectivity index (χ3n) is 3.40. The van der Waals surface area contributed by atoms with E-state index in [-0.39, 0.29) is 17.7 Å². The quantitative estimate of drug-likeness (QED) is 0.599. The fourth-order valence-corrected chi connectivity index (χ4v) is 3.36. The molecule has 0 spiro atoms. The van der Waals surface area contributed by atoms with Crippen molar-refractivity contribution < 1.29 is 9.35 Å². The van der Waals surface area contributed by atoms with E-state index in [4.69, 9.17) is 23.2 Å². The van der Waals surface area contributed by atoms with E-state index in [9.17, 15) is 9.35 Å². The van der Waals surface area contributed by atoms with Crippen molar-refractivity contribution in [3.63, 3.8) is 0 Å². The molecule has 0 saturated heterocycles. The van der Waals surface area contributed by atoms with Gasteiger partial charge < -0.3 is 9.45 Å². The molecule has 0 aliphatic carbocycles. The van der Waals surface area contributed by atoms with Gasteiger partial charge in [-0.3, -0.25) is 9.69 Å². The number of hydrogen-bond donors (Lipinski definition) is 0. The number of halogens is 2. The monoisotopic (exact) mass is 370 g/mol. The summed E-state index contributed by atoms with van der Waals surface area (Å²) in [5.74, 6) is 0.135. The van der Waals surface area contributed by atoms with Gasteiger partial charge in [-0.05, 0) is 12.1 Å². The maximum Gasteiger partial charge on any atom is 0.344 e. The van der Waals surface area contributed by atoms with Crippen LogP contribution in [0.4, 0.5) is 11.5 Å². The summed E-state index contributed by atoms with van der Waals surface area (Å²) in [4.78, 5) is 24.2. The van der Waals surface area contributed by atoms with Gasteiger partial charge in [-0.2, -0.15) is 9.97 Å². The third-order valence-corrected chi connectivity index (χ3v) is 4.72. The Labute approximate surface area is 146 Å². The summed E-state index contributed by atoms with van der Waals surface area (Å²) >= 11 is 11.1. The van der Waals surface area contributed by atoms with Gasteiger partial charge in [0.15, 0.2) is 5.82 Å². The van der Waals surface area contributed by atoms with E-state index >= 15 is 0 Å². The molecule has 1 amide bonds. The molecule has 1 atom stereocenters. The van der Waals surface area contributed by atoms with E-state index < -0.39 is 11.2 Å². The van der Waals surface area contributed by atoms with Gasteiger partial charge in [0, 0.05) is 18.2 Å². The number of nitrogens with zero attached hydrogens (tertiary/aromatic N) is 4. The maximum absolute atomic E-state index is 12.8. The molecule has 1 aliphatic rings. The molecule has 1 aromatic heterocycles. The summed E-state index contributed by atoms with van der Waals surface area (Å²) in [6.45, 7) is 0.224. The Morgan fingerprint density at radius 2 is 1.96 bits per heavy atom. The molecule has 23 heavy (non-hydrogen) atoms. The van der Waals surface area contributed by atoms with E-state index in [0.29, 0.717) is 27.1 Å². The van der Waals surface area contributed by atoms with Crippen LogP contribution in [0, 0.1) is 0 Å². The van der Waals surface area contributed by atoms with Crippen molar-refractivity contribution >= 4 is 51.8 Å². The van der Waals surface area contributed by atoms with E-state index in [1.165, 1.54) is 17.4 Å². The molecule has 1 unspecified atom stereocenters. The van der Waals surface area contributed by atoms with Crippen LogP contribution >= 0.6 is 23.2 Å². The first kappa shape index (κ1) is 16.3. The van der Waals surface area contributed by atoms with Crippen LogP contribution < -0.4 is 9.80 Å². The van der Waals surface area contributed by atoms with Gasteiger partial charge in [0.25, 0.3) is 5.91 Å². The topological polar surface area (TPSA) is 72.4 Å². The summed E-state index contributed by atoms with van der Waals surface area (Å²) < 4.78 is 11.5. The van der Waals surface area contributed by atoms with Crippen molar-refractivity contribution in [3.8, 4) is 0 Å². The molecule has 9 heteroatoms. The molecule has 6 nitrogen and oxygen atoms in total. The number of rotatable bonds is 2. The summed E-state index contributed by atoms with van der Waals surface area (Å²) in [5, 5.41) is 0.956. The number of carbonyl (C=O) groups excluding carboxylic acids is 1. The summed E-state index contributed by atoms with van der Waals surface area (Å²) in [5.41, 5.74) is 0.755. The predicted molar refractivity (Wildman–Crippen MR) is 90.9 cm³/mol. The van der Waals surface area contributed by atoms with Crippen LogP contribution in [0.15, 0.2) is 29.6 Å². The predicted octanol–water partition coefficient (Wildman–Crippen LogP) is 2.57. The SMILES string of the molecule is CN1CN(c2c(Cl)cccc2Cl)C(=O)c2cnc([S+](C)[O-])nc21. The van der Waals surface area contributed by atoms with Crippen LogP contribution in [0.5, 0.6) is 0 Å². The number of carbonyl (C=O) groups is 1. The van der Waals surface area contributed by atoms with Gasteiger partial charge >= 0.3 is 5.16 Å². The second-order valence-corrected chi connectivity index (χ2v) is 7.07. The van der Waals surface area contributed by atoms with E-state index in [0.717, 1.165) is 0 Å². The maximum atomic E-state index is 12.8. The average Bonchev–Trinajstić information content (AvgIpc) is 2.51. The number of amides is 1. The van der Waals surface area contributed by atoms with Gasteiger partial charge in [0.2, 0.25) is 0 Å². The Kier molecular flexibility index (Phi) is 4.37. The molecule has 2 heterocycles. The van der Waals surface area contributed by atoms with Gasteiger partial charge in [-0.1, -0.05) is 29.3 Å². The molecule has 1 aromatic carbocycles. The Hall–Kier alpha value is -1.54. The van der Waals surface area contributed by atoms with E-state index in [2.05, 4.69) is 9.97 Å². The highest BCUT2D eigenvalue weighted by Gasteiger charge is 2.33. The first-order chi connectivity index (χ1) is 10.9. The Morgan fingerprint density at radius 3 is 2.57 bits per heavy atom. The first-order valence-electron chi connectivity index (χ1n) is 6.57. The zero-order valence-corrected chi connectivity index (χ0v) is 14.6. The molecule has 0 saturated carbocycles. The zero-order chi connectivity index (χ0) is 16.7. The van der Waals surface area contributed by atoms with Crippen LogP contribution in [-0.2, 0) is 11.2 Å². The van der Waals surface area contributed by atoms with Crippen molar-refractivity contribution in [2.45, 2.75) is 5.16 Å². The normalized spacial score (nSPS) is 15.6. The van der Waals surface area contributed by atoms with Gasteiger partial charge in [-0.25, -0.2) is 0 Å². The van der Waals surface area contributed by atoms with E-state index in [1.807, 2.05) is 0 Å². The van der Waals surface area contributed by atoms with Crippen LogP contribution in [-0.4, -0.2) is 40.4 Å². The minimum atomic E-state index is -1.32. The smallest absolute Gasteiger partial charge is 0.344 e. The lowest BCUT2D eigenvalue weighted by Gasteiger charge is -2.35. The molecule has 0 bridgehead atoms. The highest BCUT2D eigenvalue weighted by molar-refractivity contribution is 7.90. The highest BCUT2D eigenvalue weighted by atomic mass is 35.5. The number of para-hydroxylation sites is 1. The lowest BCUT2D eigenvalue weighted by Crippen LogP contribution is -2.46. The largest absolute Gasteiger partial charge is 0.609 e. The molecule has 120 valence electrons. The van der Waals surface area contributed by atoms with Crippen molar-refractivity contribution in [1.29, 1.82) is 0 Å². The zero-order valence-electron chi connectivity index (χ0n) is 12.3. The van der Waals surface area contributed by atoms with Crippen molar-refractivity contribution in [3.05, 3.63) is 40.0 Å².